The van der Waals surface area contributed by atoms with Gasteiger partial charge in [0.1, 0.15) is 5.82 Å². The second kappa shape index (κ2) is 6.13. The molecule has 0 radical (unpaired) electrons. The summed E-state index contributed by atoms with van der Waals surface area (Å²) in [5.74, 6) is -0.226. The van der Waals surface area contributed by atoms with Crippen LogP contribution >= 0.6 is 11.6 Å². The van der Waals surface area contributed by atoms with Crippen LogP contribution in [0.2, 0.25) is 5.02 Å². The Kier molecular flexibility index (Phi) is 4.51. The Morgan fingerprint density at radius 2 is 2.11 bits per heavy atom. The SMILES string of the molecule is CNC(Cc1cc(Cl)ccc1F)c1ccnc(C)c1. The summed E-state index contributed by atoms with van der Waals surface area (Å²) < 4.78 is 13.8. The van der Waals surface area contributed by atoms with E-state index in [0.29, 0.717) is 17.0 Å². The lowest BCUT2D eigenvalue weighted by Crippen LogP contribution is -2.19. The van der Waals surface area contributed by atoms with Gasteiger partial charge >= 0.3 is 0 Å². The Hall–Kier alpha value is -1.45. The second-order valence-corrected chi connectivity index (χ2v) is 4.95. The van der Waals surface area contributed by atoms with Crippen molar-refractivity contribution < 1.29 is 4.39 Å². The van der Waals surface area contributed by atoms with Gasteiger partial charge in [-0.3, -0.25) is 4.98 Å². The molecule has 1 aromatic carbocycles. The molecule has 0 fully saturated rings. The zero-order chi connectivity index (χ0) is 13.8. The van der Waals surface area contributed by atoms with E-state index in [4.69, 9.17) is 11.6 Å². The fraction of sp³-hybridized carbons (Fsp3) is 0.267. The topological polar surface area (TPSA) is 24.9 Å². The van der Waals surface area contributed by atoms with Gasteiger partial charge in [-0.15, -0.1) is 0 Å². The molecule has 2 nitrogen and oxygen atoms in total. The molecule has 0 amide bonds. The van der Waals surface area contributed by atoms with E-state index in [1.807, 2.05) is 26.1 Å². The lowest BCUT2D eigenvalue weighted by molar-refractivity contribution is 0.554. The number of likely N-dealkylation sites (N-methyl/N-ethyl adjacent to an activating group) is 1. The fourth-order valence-electron chi connectivity index (χ4n) is 2.09. The van der Waals surface area contributed by atoms with Gasteiger partial charge in [-0.2, -0.15) is 0 Å². The highest BCUT2D eigenvalue weighted by Crippen LogP contribution is 2.22. The van der Waals surface area contributed by atoms with Gasteiger partial charge in [0.2, 0.25) is 0 Å². The lowest BCUT2D eigenvalue weighted by atomic mass is 9.99. The molecule has 0 aliphatic carbocycles. The summed E-state index contributed by atoms with van der Waals surface area (Å²) >= 11 is 5.92. The highest BCUT2D eigenvalue weighted by Gasteiger charge is 2.13. The van der Waals surface area contributed by atoms with Crippen LogP contribution in [0.1, 0.15) is 22.9 Å². The third kappa shape index (κ3) is 3.52. The van der Waals surface area contributed by atoms with Crippen LogP contribution in [0.4, 0.5) is 4.39 Å². The molecule has 1 aromatic heterocycles. The summed E-state index contributed by atoms with van der Waals surface area (Å²) in [6.07, 6.45) is 2.32. The van der Waals surface area contributed by atoms with Crippen molar-refractivity contribution >= 4 is 11.6 Å². The standard InChI is InChI=1S/C15H16ClFN2/c1-10-7-11(5-6-19-10)15(18-2)9-12-8-13(16)3-4-14(12)17/h3-8,15,18H,9H2,1-2H3. The van der Waals surface area contributed by atoms with E-state index in [1.54, 1.807) is 18.3 Å². The van der Waals surface area contributed by atoms with Gasteiger partial charge in [0.15, 0.2) is 0 Å². The van der Waals surface area contributed by atoms with Crippen LogP contribution in [0.15, 0.2) is 36.5 Å². The summed E-state index contributed by atoms with van der Waals surface area (Å²) in [5.41, 5.74) is 2.65. The van der Waals surface area contributed by atoms with Gasteiger partial charge < -0.3 is 5.32 Å². The summed E-state index contributed by atoms with van der Waals surface area (Å²) in [7, 11) is 1.86. The van der Waals surface area contributed by atoms with Gasteiger partial charge in [-0.1, -0.05) is 11.6 Å². The molecule has 0 spiro atoms. The molecule has 0 saturated heterocycles. The minimum atomic E-state index is -0.226. The van der Waals surface area contributed by atoms with Crippen molar-refractivity contribution in [3.63, 3.8) is 0 Å². The molecule has 1 atom stereocenters. The molecule has 4 heteroatoms. The Bertz CT molecular complexity index is 572. The van der Waals surface area contributed by atoms with E-state index in [0.717, 1.165) is 11.3 Å². The number of nitrogens with zero attached hydrogens (tertiary/aromatic N) is 1. The summed E-state index contributed by atoms with van der Waals surface area (Å²) in [5, 5.41) is 3.76. The Morgan fingerprint density at radius 3 is 2.79 bits per heavy atom. The smallest absolute Gasteiger partial charge is 0.126 e. The number of hydrogen-bond donors (Lipinski definition) is 1. The average molecular weight is 279 g/mol. The van der Waals surface area contributed by atoms with E-state index in [1.165, 1.54) is 6.07 Å². The summed E-state index contributed by atoms with van der Waals surface area (Å²) in [4.78, 5) is 4.17. The lowest BCUT2D eigenvalue weighted by Gasteiger charge is -2.17. The maximum absolute atomic E-state index is 13.8. The number of hydrogen-bond acceptors (Lipinski definition) is 2. The van der Waals surface area contributed by atoms with Gasteiger partial charge in [0.25, 0.3) is 0 Å². The monoisotopic (exact) mass is 278 g/mol. The number of benzene rings is 1. The van der Waals surface area contributed by atoms with Crippen LogP contribution in [0.25, 0.3) is 0 Å². The molecule has 2 rings (SSSR count). The minimum absolute atomic E-state index is 0.0367. The van der Waals surface area contributed by atoms with Crippen molar-refractivity contribution in [2.24, 2.45) is 0 Å². The molecule has 0 bridgehead atoms. The largest absolute Gasteiger partial charge is 0.313 e. The fourth-order valence-corrected chi connectivity index (χ4v) is 2.29. The average Bonchev–Trinajstić information content (AvgIpc) is 2.39. The minimum Gasteiger partial charge on any atom is -0.313 e. The number of halogens is 2. The van der Waals surface area contributed by atoms with Crippen LogP contribution < -0.4 is 5.32 Å². The van der Waals surface area contributed by atoms with E-state index in [2.05, 4.69) is 10.3 Å². The molecule has 1 heterocycles. The number of pyridine rings is 1. The van der Waals surface area contributed by atoms with Crippen molar-refractivity contribution in [3.05, 3.63) is 64.2 Å². The number of aromatic nitrogens is 1. The van der Waals surface area contributed by atoms with E-state index >= 15 is 0 Å². The molecular weight excluding hydrogens is 263 g/mol. The van der Waals surface area contributed by atoms with E-state index in [-0.39, 0.29) is 11.9 Å². The molecular formula is C15H16ClFN2. The highest BCUT2D eigenvalue weighted by atomic mass is 35.5. The first kappa shape index (κ1) is 14.0. The molecule has 1 N–H and O–H groups in total. The van der Waals surface area contributed by atoms with E-state index < -0.39 is 0 Å². The molecule has 1 unspecified atom stereocenters. The predicted molar refractivity (Wildman–Crippen MR) is 75.9 cm³/mol. The zero-order valence-electron chi connectivity index (χ0n) is 11.0. The first-order chi connectivity index (χ1) is 9.10. The maximum Gasteiger partial charge on any atom is 0.126 e. The first-order valence-electron chi connectivity index (χ1n) is 6.14. The highest BCUT2D eigenvalue weighted by molar-refractivity contribution is 6.30. The van der Waals surface area contributed by atoms with Crippen molar-refractivity contribution in [2.75, 3.05) is 7.05 Å². The Balaban J connectivity index is 2.26. The van der Waals surface area contributed by atoms with Crippen LogP contribution in [0.3, 0.4) is 0 Å². The number of nitrogens with one attached hydrogen (secondary N) is 1. The van der Waals surface area contributed by atoms with Gasteiger partial charge in [-0.05, 0) is 61.9 Å². The van der Waals surface area contributed by atoms with Crippen molar-refractivity contribution in [2.45, 2.75) is 19.4 Å². The van der Waals surface area contributed by atoms with Crippen molar-refractivity contribution in [3.8, 4) is 0 Å². The first-order valence-corrected chi connectivity index (χ1v) is 6.51. The molecule has 2 aromatic rings. The molecule has 19 heavy (non-hydrogen) atoms. The summed E-state index contributed by atoms with van der Waals surface area (Å²) in [6.45, 7) is 1.94. The Labute approximate surface area is 117 Å². The third-order valence-electron chi connectivity index (χ3n) is 3.10. The summed E-state index contributed by atoms with van der Waals surface area (Å²) in [6, 6.07) is 8.62. The second-order valence-electron chi connectivity index (χ2n) is 4.51. The van der Waals surface area contributed by atoms with E-state index in [9.17, 15) is 4.39 Å². The zero-order valence-corrected chi connectivity index (χ0v) is 11.7. The van der Waals surface area contributed by atoms with Gasteiger partial charge in [0.05, 0.1) is 0 Å². The third-order valence-corrected chi connectivity index (χ3v) is 3.34. The van der Waals surface area contributed by atoms with Gasteiger partial charge in [-0.25, -0.2) is 4.39 Å². The van der Waals surface area contributed by atoms with Crippen molar-refractivity contribution in [1.29, 1.82) is 0 Å². The normalized spacial score (nSPS) is 12.4. The molecule has 0 aliphatic heterocycles. The van der Waals surface area contributed by atoms with Gasteiger partial charge in [0, 0.05) is 23.0 Å². The maximum atomic E-state index is 13.8. The van der Waals surface area contributed by atoms with Crippen LogP contribution in [0.5, 0.6) is 0 Å². The van der Waals surface area contributed by atoms with Crippen LogP contribution in [-0.2, 0) is 6.42 Å². The van der Waals surface area contributed by atoms with Crippen LogP contribution in [-0.4, -0.2) is 12.0 Å². The quantitative estimate of drug-likeness (QED) is 0.923. The predicted octanol–water partition coefficient (Wildman–Crippen LogP) is 3.69. The molecule has 100 valence electrons. The van der Waals surface area contributed by atoms with Crippen LogP contribution in [0, 0.1) is 12.7 Å². The molecule has 0 aliphatic rings. The number of rotatable bonds is 4. The molecule has 0 saturated carbocycles. The number of aryl methyl sites for hydroxylation is 1. The van der Waals surface area contributed by atoms with Crippen molar-refractivity contribution in [1.82, 2.24) is 10.3 Å². The Morgan fingerprint density at radius 1 is 1.32 bits per heavy atom.